The summed E-state index contributed by atoms with van der Waals surface area (Å²) in [5, 5.41) is 19.5. The van der Waals surface area contributed by atoms with E-state index in [2.05, 4.69) is 5.32 Å². The quantitative estimate of drug-likeness (QED) is 0.621. The number of hydrogen-bond donors (Lipinski definition) is 3. The van der Waals surface area contributed by atoms with E-state index < -0.39 is 6.10 Å². The molecule has 7 heteroatoms. The molecule has 2 fully saturated rings. The van der Waals surface area contributed by atoms with Gasteiger partial charge in [-0.05, 0) is 32.1 Å². The molecule has 0 radical (unpaired) electrons. The first-order chi connectivity index (χ1) is 9.99. The van der Waals surface area contributed by atoms with E-state index in [-0.39, 0.29) is 30.2 Å². The number of carbonyl (C=O) groups excluding carboxylic acids is 2. The van der Waals surface area contributed by atoms with Crippen LogP contribution in [-0.2, 0) is 14.4 Å². The molecule has 3 atom stereocenters. The molecule has 1 saturated carbocycles. The van der Waals surface area contributed by atoms with Gasteiger partial charge in [-0.15, -0.1) is 0 Å². The van der Waals surface area contributed by atoms with Crippen LogP contribution in [0.2, 0.25) is 0 Å². The van der Waals surface area contributed by atoms with Gasteiger partial charge in [-0.3, -0.25) is 14.4 Å². The fourth-order valence-corrected chi connectivity index (χ4v) is 2.99. The predicted octanol–water partition coefficient (Wildman–Crippen LogP) is -0.0247. The smallest absolute Gasteiger partial charge is 0.290 e. The number of nitrogens with one attached hydrogen (secondary N) is 1. The van der Waals surface area contributed by atoms with E-state index in [9.17, 15) is 14.7 Å². The van der Waals surface area contributed by atoms with Crippen LogP contribution < -0.4 is 5.32 Å². The molecule has 120 valence electrons. The van der Waals surface area contributed by atoms with Gasteiger partial charge in [0.05, 0.1) is 12.1 Å². The van der Waals surface area contributed by atoms with E-state index in [0.717, 1.165) is 32.4 Å². The zero-order chi connectivity index (χ0) is 15.8. The number of rotatable bonds is 2. The van der Waals surface area contributed by atoms with E-state index >= 15 is 0 Å². The Labute approximate surface area is 124 Å². The van der Waals surface area contributed by atoms with Crippen LogP contribution in [0.15, 0.2) is 0 Å². The molecule has 2 amide bonds. The van der Waals surface area contributed by atoms with Gasteiger partial charge in [0.2, 0.25) is 11.8 Å². The van der Waals surface area contributed by atoms with E-state index in [0.29, 0.717) is 12.8 Å². The monoisotopic (exact) mass is 300 g/mol. The van der Waals surface area contributed by atoms with Crippen molar-refractivity contribution in [1.29, 1.82) is 0 Å². The lowest BCUT2D eigenvalue weighted by Gasteiger charge is -2.34. The molecule has 7 nitrogen and oxygen atoms in total. The second kappa shape index (κ2) is 8.61. The van der Waals surface area contributed by atoms with Crippen molar-refractivity contribution in [3.05, 3.63) is 0 Å². The van der Waals surface area contributed by atoms with E-state index in [1.54, 1.807) is 0 Å². The second-order valence-corrected chi connectivity index (χ2v) is 5.52. The van der Waals surface area contributed by atoms with Crippen molar-refractivity contribution in [3.8, 4) is 0 Å². The van der Waals surface area contributed by atoms with Gasteiger partial charge in [0.1, 0.15) is 0 Å². The Bertz CT molecular complexity index is 368. The molecule has 0 aromatic carbocycles. The van der Waals surface area contributed by atoms with Crippen LogP contribution >= 0.6 is 0 Å². The zero-order valence-electron chi connectivity index (χ0n) is 12.3. The fourth-order valence-electron chi connectivity index (χ4n) is 2.99. The highest BCUT2D eigenvalue weighted by Crippen LogP contribution is 2.27. The van der Waals surface area contributed by atoms with Crippen LogP contribution in [0, 0.1) is 5.92 Å². The lowest BCUT2D eigenvalue weighted by Crippen LogP contribution is -2.49. The highest BCUT2D eigenvalue weighted by atomic mass is 16.3. The number of carbonyl (C=O) groups is 3. The molecule has 21 heavy (non-hydrogen) atoms. The van der Waals surface area contributed by atoms with Crippen molar-refractivity contribution in [1.82, 2.24) is 10.2 Å². The van der Waals surface area contributed by atoms with Crippen molar-refractivity contribution in [3.63, 3.8) is 0 Å². The third kappa shape index (κ3) is 5.34. The van der Waals surface area contributed by atoms with Crippen molar-refractivity contribution in [2.24, 2.45) is 5.92 Å². The first kappa shape index (κ1) is 17.4. The van der Waals surface area contributed by atoms with Crippen molar-refractivity contribution in [2.75, 3.05) is 13.1 Å². The molecule has 0 bridgehead atoms. The Morgan fingerprint density at radius 1 is 1.24 bits per heavy atom. The molecule has 1 heterocycles. The number of nitrogens with zero attached hydrogens (tertiary/aromatic N) is 1. The average Bonchev–Trinajstić information content (AvgIpc) is 2.95. The van der Waals surface area contributed by atoms with Gasteiger partial charge >= 0.3 is 0 Å². The van der Waals surface area contributed by atoms with Gasteiger partial charge in [-0.2, -0.15) is 0 Å². The predicted molar refractivity (Wildman–Crippen MR) is 75.5 cm³/mol. The van der Waals surface area contributed by atoms with Crippen LogP contribution in [0.1, 0.15) is 39.0 Å². The van der Waals surface area contributed by atoms with Crippen molar-refractivity contribution in [2.45, 2.75) is 51.2 Å². The maximum absolute atomic E-state index is 12.3. The Morgan fingerprint density at radius 2 is 1.81 bits per heavy atom. The summed E-state index contributed by atoms with van der Waals surface area (Å²) in [6.45, 7) is 2.92. The van der Waals surface area contributed by atoms with Crippen molar-refractivity contribution >= 4 is 18.3 Å². The molecular formula is C14H24N2O5. The van der Waals surface area contributed by atoms with E-state index in [1.807, 2.05) is 4.90 Å². The number of aliphatic hydroxyl groups is 1. The molecular weight excluding hydrogens is 276 g/mol. The average molecular weight is 300 g/mol. The van der Waals surface area contributed by atoms with Crippen LogP contribution in [0.3, 0.4) is 0 Å². The molecule has 1 aliphatic heterocycles. The summed E-state index contributed by atoms with van der Waals surface area (Å²) in [6, 6.07) is -0.271. The first-order valence-corrected chi connectivity index (χ1v) is 7.31. The van der Waals surface area contributed by atoms with Crippen LogP contribution in [0.4, 0.5) is 0 Å². The zero-order valence-corrected chi connectivity index (χ0v) is 12.3. The lowest BCUT2D eigenvalue weighted by atomic mass is 9.83. The van der Waals surface area contributed by atoms with Crippen LogP contribution in [0.5, 0.6) is 0 Å². The normalized spacial score (nSPS) is 28.3. The molecule has 0 aromatic rings. The van der Waals surface area contributed by atoms with Crippen LogP contribution in [0.25, 0.3) is 0 Å². The number of amides is 2. The highest BCUT2D eigenvalue weighted by Gasteiger charge is 2.35. The minimum Gasteiger partial charge on any atom is -0.483 e. The Hall–Kier alpha value is -1.63. The highest BCUT2D eigenvalue weighted by molar-refractivity contribution is 5.79. The van der Waals surface area contributed by atoms with Gasteiger partial charge in [-0.1, -0.05) is 0 Å². The van der Waals surface area contributed by atoms with Crippen molar-refractivity contribution < 1.29 is 24.6 Å². The SMILES string of the molecule is CC(=O)N[C@@H]1C[C@@H](C(=O)N2CCCC2)CC[C@H]1O.O=CO. The third-order valence-electron chi connectivity index (χ3n) is 3.97. The second-order valence-electron chi connectivity index (χ2n) is 5.52. The molecule has 0 aromatic heterocycles. The molecule has 2 rings (SSSR count). The third-order valence-corrected chi connectivity index (χ3v) is 3.97. The minimum atomic E-state index is -0.517. The largest absolute Gasteiger partial charge is 0.483 e. The molecule has 1 saturated heterocycles. The van der Waals surface area contributed by atoms with Gasteiger partial charge in [-0.25, -0.2) is 0 Å². The molecule has 1 aliphatic carbocycles. The standard InChI is InChI=1S/C13H22N2O3.CH2O2/c1-9(16)14-11-8-10(4-5-12(11)17)13(18)15-6-2-3-7-15;2-1-3/h10-12,17H,2-8H2,1H3,(H,14,16);1H,(H,2,3)/t10-,11+,12+;/m0./s1. The molecule has 2 aliphatic rings. The lowest BCUT2D eigenvalue weighted by molar-refractivity contribution is -0.137. The number of aliphatic hydroxyl groups excluding tert-OH is 1. The summed E-state index contributed by atoms with van der Waals surface area (Å²) >= 11 is 0. The Kier molecular flexibility index (Phi) is 7.14. The summed E-state index contributed by atoms with van der Waals surface area (Å²) in [5.41, 5.74) is 0. The van der Waals surface area contributed by atoms with Gasteiger partial charge < -0.3 is 20.4 Å². The number of hydrogen-bond acceptors (Lipinski definition) is 4. The summed E-state index contributed by atoms with van der Waals surface area (Å²) in [5.74, 6) is 0.0198. The molecule has 0 spiro atoms. The van der Waals surface area contributed by atoms with Gasteiger partial charge in [0.15, 0.2) is 0 Å². The summed E-state index contributed by atoms with van der Waals surface area (Å²) in [7, 11) is 0. The van der Waals surface area contributed by atoms with Gasteiger partial charge in [0.25, 0.3) is 6.47 Å². The summed E-state index contributed by atoms with van der Waals surface area (Å²) in [6.07, 6.45) is 3.56. The Morgan fingerprint density at radius 3 is 2.33 bits per heavy atom. The number of carboxylic acid groups (broad SMARTS) is 1. The minimum absolute atomic E-state index is 0.0386. The summed E-state index contributed by atoms with van der Waals surface area (Å²) < 4.78 is 0. The summed E-state index contributed by atoms with van der Waals surface area (Å²) in [4.78, 5) is 33.6. The maximum Gasteiger partial charge on any atom is 0.290 e. The first-order valence-electron chi connectivity index (χ1n) is 7.31. The molecule has 3 N–H and O–H groups in total. The molecule has 0 unspecified atom stereocenters. The van der Waals surface area contributed by atoms with E-state index in [4.69, 9.17) is 9.90 Å². The Balaban J connectivity index is 0.000000677. The van der Waals surface area contributed by atoms with E-state index in [1.165, 1.54) is 6.92 Å². The maximum atomic E-state index is 12.3. The van der Waals surface area contributed by atoms with Crippen LogP contribution in [-0.4, -0.2) is 58.6 Å². The topological polar surface area (TPSA) is 107 Å². The number of likely N-dealkylation sites (tertiary alicyclic amines) is 1. The fraction of sp³-hybridized carbons (Fsp3) is 0.786. The van der Waals surface area contributed by atoms with Gasteiger partial charge in [0, 0.05) is 25.9 Å².